The molecule has 0 atom stereocenters. The van der Waals surface area contributed by atoms with Gasteiger partial charge in [0.05, 0.1) is 29.4 Å². The summed E-state index contributed by atoms with van der Waals surface area (Å²) in [5.74, 6) is 0.542. The molecule has 0 aliphatic carbocycles. The molecular weight excluding hydrogens is 444 g/mol. The Hall–Kier alpha value is -3.08. The zero-order valence-electron chi connectivity index (χ0n) is 18.7. The van der Waals surface area contributed by atoms with Crippen LogP contribution in [0.1, 0.15) is 41.5 Å². The molecule has 1 N–H and O–H groups in total. The monoisotopic (exact) mass is 470 g/mol. The number of carbonyl (C=O) groups is 1. The van der Waals surface area contributed by atoms with Gasteiger partial charge in [0.1, 0.15) is 0 Å². The summed E-state index contributed by atoms with van der Waals surface area (Å²) in [6.45, 7) is 7.06. The third-order valence-corrected chi connectivity index (χ3v) is 7.30. The van der Waals surface area contributed by atoms with E-state index < -0.39 is 15.9 Å². The van der Waals surface area contributed by atoms with E-state index >= 15 is 0 Å². The molecule has 0 bridgehead atoms. The largest absolute Gasteiger partial charge is 0.379 e. The second kappa shape index (κ2) is 9.42. The van der Waals surface area contributed by atoms with Crippen LogP contribution in [0.2, 0.25) is 0 Å². The molecule has 1 saturated heterocycles. The molecule has 1 aliphatic heterocycles. The highest BCUT2D eigenvalue weighted by molar-refractivity contribution is 7.89. The van der Waals surface area contributed by atoms with E-state index in [1.165, 1.54) is 16.4 Å². The van der Waals surface area contributed by atoms with Gasteiger partial charge in [0.15, 0.2) is 5.82 Å². The van der Waals surface area contributed by atoms with E-state index in [0.29, 0.717) is 36.2 Å². The molecule has 0 saturated carbocycles. The second-order valence-electron chi connectivity index (χ2n) is 8.11. The quantitative estimate of drug-likeness (QED) is 0.587. The lowest BCUT2D eigenvalue weighted by Gasteiger charge is -2.26. The summed E-state index contributed by atoms with van der Waals surface area (Å²) in [6, 6.07) is 11.5. The zero-order chi connectivity index (χ0) is 23.6. The average molecular weight is 471 g/mol. The van der Waals surface area contributed by atoms with Crippen molar-refractivity contribution in [3.8, 4) is 11.5 Å². The standard InChI is InChI=1S/C23H26N4O5S/c1-15(2)21-25-23(32-26-21)19-9-4-6-16(3)20(19)24-22(28)17-7-5-8-18(14-17)33(29,30)27-10-12-31-13-11-27/h4-9,14-15H,10-13H2,1-3H3,(H,24,28). The van der Waals surface area contributed by atoms with Crippen LogP contribution in [-0.2, 0) is 14.8 Å². The number of rotatable bonds is 6. The molecule has 9 nitrogen and oxygen atoms in total. The Balaban J connectivity index is 1.62. The Bertz CT molecular complexity index is 1260. The van der Waals surface area contributed by atoms with Gasteiger partial charge < -0.3 is 14.6 Å². The summed E-state index contributed by atoms with van der Waals surface area (Å²) in [7, 11) is -3.72. The second-order valence-corrected chi connectivity index (χ2v) is 10.0. The molecule has 0 unspecified atom stereocenters. The van der Waals surface area contributed by atoms with Crippen LogP contribution >= 0.6 is 0 Å². The number of anilines is 1. The number of para-hydroxylation sites is 1. The molecule has 2 heterocycles. The Labute approximate surface area is 192 Å². The van der Waals surface area contributed by atoms with Gasteiger partial charge in [-0.25, -0.2) is 8.42 Å². The SMILES string of the molecule is Cc1cccc(-c2nc(C(C)C)no2)c1NC(=O)c1cccc(S(=O)(=O)N2CCOCC2)c1. The molecule has 1 aliphatic rings. The van der Waals surface area contributed by atoms with Gasteiger partial charge in [-0.1, -0.05) is 37.2 Å². The van der Waals surface area contributed by atoms with Crippen LogP contribution in [0.25, 0.3) is 11.5 Å². The molecular formula is C23H26N4O5S. The Morgan fingerprint density at radius 2 is 1.85 bits per heavy atom. The normalized spacial score (nSPS) is 15.0. The van der Waals surface area contributed by atoms with Gasteiger partial charge in [-0.05, 0) is 36.8 Å². The summed E-state index contributed by atoms with van der Waals surface area (Å²) in [5.41, 5.74) is 2.16. The number of nitrogens with zero attached hydrogens (tertiary/aromatic N) is 3. The van der Waals surface area contributed by atoms with Crippen LogP contribution in [0.15, 0.2) is 51.9 Å². The van der Waals surface area contributed by atoms with Gasteiger partial charge in [0.25, 0.3) is 11.8 Å². The van der Waals surface area contributed by atoms with Crippen LogP contribution in [0.5, 0.6) is 0 Å². The van der Waals surface area contributed by atoms with Gasteiger partial charge in [-0.3, -0.25) is 4.79 Å². The number of morpholine rings is 1. The van der Waals surface area contributed by atoms with Crippen LogP contribution < -0.4 is 5.32 Å². The average Bonchev–Trinajstić information content (AvgIpc) is 3.31. The van der Waals surface area contributed by atoms with Crippen LogP contribution in [0, 0.1) is 6.92 Å². The minimum absolute atomic E-state index is 0.0699. The fourth-order valence-electron chi connectivity index (χ4n) is 3.51. The lowest BCUT2D eigenvalue weighted by molar-refractivity contribution is 0.0730. The van der Waals surface area contributed by atoms with E-state index in [0.717, 1.165) is 5.56 Å². The van der Waals surface area contributed by atoms with Gasteiger partial charge in [0.2, 0.25) is 10.0 Å². The first-order valence-corrected chi connectivity index (χ1v) is 12.1. The molecule has 0 spiro atoms. The number of amides is 1. The minimum atomic E-state index is -3.72. The first-order chi connectivity index (χ1) is 15.8. The molecule has 1 fully saturated rings. The van der Waals surface area contributed by atoms with Crippen molar-refractivity contribution >= 4 is 21.6 Å². The van der Waals surface area contributed by atoms with Crippen molar-refractivity contribution in [1.82, 2.24) is 14.4 Å². The molecule has 1 amide bonds. The molecule has 1 aromatic heterocycles. The zero-order valence-corrected chi connectivity index (χ0v) is 19.6. The predicted octanol–water partition coefficient (Wildman–Crippen LogP) is 3.44. The van der Waals surface area contributed by atoms with Crippen molar-refractivity contribution in [3.05, 3.63) is 59.4 Å². The fourth-order valence-corrected chi connectivity index (χ4v) is 4.96. The number of sulfonamides is 1. The number of hydrogen-bond acceptors (Lipinski definition) is 7. The van der Waals surface area contributed by atoms with Crippen molar-refractivity contribution in [2.24, 2.45) is 0 Å². The number of aryl methyl sites for hydroxylation is 1. The van der Waals surface area contributed by atoms with E-state index in [-0.39, 0.29) is 29.5 Å². The van der Waals surface area contributed by atoms with Gasteiger partial charge in [0, 0.05) is 24.6 Å². The molecule has 33 heavy (non-hydrogen) atoms. The lowest BCUT2D eigenvalue weighted by atomic mass is 10.1. The smallest absolute Gasteiger partial charge is 0.260 e. The number of benzene rings is 2. The van der Waals surface area contributed by atoms with Crippen LogP contribution in [-0.4, -0.2) is 55.1 Å². The number of aromatic nitrogens is 2. The maximum atomic E-state index is 13.1. The number of ether oxygens (including phenoxy) is 1. The van der Waals surface area contributed by atoms with Gasteiger partial charge in [-0.15, -0.1) is 0 Å². The molecule has 174 valence electrons. The van der Waals surface area contributed by atoms with Gasteiger partial charge in [-0.2, -0.15) is 9.29 Å². The Kier molecular flexibility index (Phi) is 6.59. The summed E-state index contributed by atoms with van der Waals surface area (Å²) in [5, 5.41) is 6.90. The number of hydrogen-bond donors (Lipinski definition) is 1. The first-order valence-electron chi connectivity index (χ1n) is 10.7. The van der Waals surface area contributed by atoms with Crippen molar-refractivity contribution in [3.63, 3.8) is 0 Å². The highest BCUT2D eigenvalue weighted by Crippen LogP contribution is 2.31. The summed E-state index contributed by atoms with van der Waals surface area (Å²) in [4.78, 5) is 17.6. The predicted molar refractivity (Wildman–Crippen MR) is 123 cm³/mol. The number of carbonyl (C=O) groups excluding carboxylic acids is 1. The maximum absolute atomic E-state index is 13.1. The first kappa shape index (κ1) is 23.1. The Morgan fingerprint density at radius 1 is 1.12 bits per heavy atom. The lowest BCUT2D eigenvalue weighted by Crippen LogP contribution is -2.40. The molecule has 4 rings (SSSR count). The van der Waals surface area contributed by atoms with Crippen LogP contribution in [0.3, 0.4) is 0 Å². The van der Waals surface area contributed by atoms with Crippen LogP contribution in [0.4, 0.5) is 5.69 Å². The van der Waals surface area contributed by atoms with Crippen molar-refractivity contribution in [2.75, 3.05) is 31.6 Å². The summed E-state index contributed by atoms with van der Waals surface area (Å²) >= 11 is 0. The molecule has 3 aromatic rings. The maximum Gasteiger partial charge on any atom is 0.260 e. The highest BCUT2D eigenvalue weighted by atomic mass is 32.2. The third kappa shape index (κ3) is 4.82. The van der Waals surface area contributed by atoms with Crippen molar-refractivity contribution in [1.29, 1.82) is 0 Å². The molecule has 0 radical (unpaired) electrons. The van der Waals surface area contributed by atoms with E-state index in [9.17, 15) is 13.2 Å². The minimum Gasteiger partial charge on any atom is -0.379 e. The molecule has 10 heteroatoms. The van der Waals surface area contributed by atoms with Crippen molar-refractivity contribution < 1.29 is 22.5 Å². The van der Waals surface area contributed by atoms with E-state index in [2.05, 4.69) is 15.5 Å². The topological polar surface area (TPSA) is 115 Å². The van der Waals surface area contributed by atoms with E-state index in [1.54, 1.807) is 18.2 Å². The molecule has 2 aromatic carbocycles. The van der Waals surface area contributed by atoms with Gasteiger partial charge >= 0.3 is 0 Å². The Morgan fingerprint density at radius 3 is 2.55 bits per heavy atom. The third-order valence-electron chi connectivity index (χ3n) is 5.40. The van der Waals surface area contributed by atoms with Crippen molar-refractivity contribution in [2.45, 2.75) is 31.6 Å². The summed E-state index contributed by atoms with van der Waals surface area (Å²) < 4.78 is 38.0. The number of nitrogens with one attached hydrogen (secondary N) is 1. The van der Waals surface area contributed by atoms with E-state index in [1.807, 2.05) is 32.9 Å². The van der Waals surface area contributed by atoms with E-state index in [4.69, 9.17) is 9.26 Å². The highest BCUT2D eigenvalue weighted by Gasteiger charge is 2.27. The fraction of sp³-hybridized carbons (Fsp3) is 0.348. The summed E-state index contributed by atoms with van der Waals surface area (Å²) in [6.07, 6.45) is 0.